The number of hydrogen-bond donors (Lipinski definition) is 1. The first-order valence-corrected chi connectivity index (χ1v) is 7.07. The molecule has 0 aliphatic heterocycles. The van der Waals surface area contributed by atoms with Gasteiger partial charge in [-0.1, -0.05) is 25.1 Å². The second kappa shape index (κ2) is 6.03. The number of rotatable bonds is 5. The molecule has 2 nitrogen and oxygen atoms in total. The minimum Gasteiger partial charge on any atom is -0.488 e. The van der Waals surface area contributed by atoms with Crippen LogP contribution in [0.1, 0.15) is 35.2 Å². The highest BCUT2D eigenvalue weighted by atomic mass is 32.1. The molecule has 1 atom stereocenters. The van der Waals surface area contributed by atoms with Crippen LogP contribution >= 0.6 is 11.3 Å². The molecule has 0 unspecified atom stereocenters. The van der Waals surface area contributed by atoms with Crippen LogP contribution in [0.2, 0.25) is 0 Å². The lowest BCUT2D eigenvalue weighted by Crippen LogP contribution is -2.07. The van der Waals surface area contributed by atoms with Gasteiger partial charge in [0, 0.05) is 21.4 Å². The van der Waals surface area contributed by atoms with Gasteiger partial charge in [-0.2, -0.15) is 0 Å². The third-order valence-electron chi connectivity index (χ3n) is 2.85. The number of nitrogens with two attached hydrogens (primary N) is 1. The lowest BCUT2D eigenvalue weighted by Gasteiger charge is -2.13. The molecule has 0 bridgehead atoms. The zero-order chi connectivity index (χ0) is 13.0. The molecule has 0 saturated heterocycles. The Balaban J connectivity index is 2.05. The minimum absolute atomic E-state index is 0.00395. The second-order valence-electron chi connectivity index (χ2n) is 4.34. The zero-order valence-electron chi connectivity index (χ0n) is 10.8. The molecule has 1 aromatic heterocycles. The smallest absolute Gasteiger partial charge is 0.124 e. The highest BCUT2D eigenvalue weighted by molar-refractivity contribution is 7.11. The third kappa shape index (κ3) is 3.12. The first-order valence-electron chi connectivity index (χ1n) is 6.25. The first-order chi connectivity index (χ1) is 8.70. The fourth-order valence-electron chi connectivity index (χ4n) is 1.83. The van der Waals surface area contributed by atoms with Crippen molar-refractivity contribution in [3.05, 3.63) is 51.7 Å². The van der Waals surface area contributed by atoms with E-state index in [9.17, 15) is 0 Å². The number of ether oxygens (including phenoxy) is 1. The monoisotopic (exact) mass is 261 g/mol. The van der Waals surface area contributed by atoms with Crippen molar-refractivity contribution in [3.8, 4) is 5.75 Å². The van der Waals surface area contributed by atoms with Crippen molar-refractivity contribution in [1.82, 2.24) is 0 Å². The Labute approximate surface area is 112 Å². The van der Waals surface area contributed by atoms with Gasteiger partial charge in [0.1, 0.15) is 12.4 Å². The van der Waals surface area contributed by atoms with Crippen molar-refractivity contribution in [1.29, 1.82) is 0 Å². The molecule has 2 N–H and O–H groups in total. The van der Waals surface area contributed by atoms with E-state index >= 15 is 0 Å². The Kier molecular flexibility index (Phi) is 4.39. The molecule has 0 amide bonds. The second-order valence-corrected chi connectivity index (χ2v) is 5.59. The van der Waals surface area contributed by atoms with Crippen LogP contribution in [0.5, 0.6) is 5.75 Å². The summed E-state index contributed by atoms with van der Waals surface area (Å²) in [6.07, 6.45) is 1.08. The fraction of sp³-hybridized carbons (Fsp3) is 0.333. The molecule has 0 aliphatic carbocycles. The van der Waals surface area contributed by atoms with Crippen molar-refractivity contribution in [2.24, 2.45) is 5.73 Å². The van der Waals surface area contributed by atoms with E-state index in [1.165, 1.54) is 9.75 Å². The van der Waals surface area contributed by atoms with Gasteiger partial charge in [-0.3, -0.25) is 0 Å². The predicted molar refractivity (Wildman–Crippen MR) is 77.1 cm³/mol. The number of thiophene rings is 1. The highest BCUT2D eigenvalue weighted by Gasteiger charge is 2.07. The van der Waals surface area contributed by atoms with Gasteiger partial charge < -0.3 is 10.5 Å². The van der Waals surface area contributed by atoms with Gasteiger partial charge in [-0.15, -0.1) is 11.3 Å². The normalized spacial score (nSPS) is 12.4. The van der Waals surface area contributed by atoms with Crippen LogP contribution in [0.25, 0.3) is 0 Å². The van der Waals surface area contributed by atoms with Crippen molar-refractivity contribution in [3.63, 3.8) is 0 Å². The molecule has 2 rings (SSSR count). The molecule has 1 aromatic carbocycles. The first kappa shape index (κ1) is 13.1. The maximum absolute atomic E-state index is 5.93. The summed E-state index contributed by atoms with van der Waals surface area (Å²) in [5.74, 6) is 0.888. The number of aryl methyl sites for hydroxylation is 1. The summed E-state index contributed by atoms with van der Waals surface area (Å²) in [7, 11) is 0. The standard InChI is InChI=1S/C15H19NOS/c1-3-12-8-9-13(18-12)10-17-15-7-5-4-6-14(15)11(2)16/h4-9,11H,3,10,16H2,1-2H3/t11-/m0/s1. The molecule has 0 spiro atoms. The Morgan fingerprint density at radius 3 is 2.56 bits per heavy atom. The van der Waals surface area contributed by atoms with E-state index in [1.807, 2.05) is 42.5 Å². The van der Waals surface area contributed by atoms with Gasteiger partial charge in [-0.05, 0) is 31.5 Å². The summed E-state index contributed by atoms with van der Waals surface area (Å²) in [5, 5.41) is 0. The quantitative estimate of drug-likeness (QED) is 0.885. The molecule has 18 heavy (non-hydrogen) atoms. The van der Waals surface area contributed by atoms with Crippen LogP contribution in [0.15, 0.2) is 36.4 Å². The molecule has 2 aromatic rings. The van der Waals surface area contributed by atoms with Crippen LogP contribution in [-0.4, -0.2) is 0 Å². The lowest BCUT2D eigenvalue weighted by atomic mass is 10.1. The predicted octanol–water partition coefficient (Wildman–Crippen LogP) is 3.91. The van der Waals surface area contributed by atoms with Crippen molar-refractivity contribution in [2.45, 2.75) is 32.9 Å². The molecule has 1 heterocycles. The maximum atomic E-state index is 5.93. The largest absolute Gasteiger partial charge is 0.488 e. The molecule has 0 fully saturated rings. The number of para-hydroxylation sites is 1. The average Bonchev–Trinajstić information content (AvgIpc) is 2.84. The van der Waals surface area contributed by atoms with Crippen LogP contribution in [0.3, 0.4) is 0 Å². The van der Waals surface area contributed by atoms with Gasteiger partial charge in [0.15, 0.2) is 0 Å². The van der Waals surface area contributed by atoms with E-state index in [0.29, 0.717) is 6.61 Å². The fourth-order valence-corrected chi connectivity index (χ4v) is 2.70. The summed E-state index contributed by atoms with van der Waals surface area (Å²) in [5.41, 5.74) is 6.99. The Bertz CT molecular complexity index is 505. The molecule has 0 aliphatic rings. The van der Waals surface area contributed by atoms with E-state index in [2.05, 4.69) is 19.1 Å². The van der Waals surface area contributed by atoms with E-state index in [4.69, 9.17) is 10.5 Å². The zero-order valence-corrected chi connectivity index (χ0v) is 11.7. The average molecular weight is 261 g/mol. The summed E-state index contributed by atoms with van der Waals surface area (Å²) in [6.45, 7) is 4.76. The molecule has 0 saturated carbocycles. The molecular weight excluding hydrogens is 242 g/mol. The van der Waals surface area contributed by atoms with Gasteiger partial charge in [-0.25, -0.2) is 0 Å². The van der Waals surface area contributed by atoms with Crippen molar-refractivity contribution in [2.75, 3.05) is 0 Å². The van der Waals surface area contributed by atoms with Gasteiger partial charge in [0.05, 0.1) is 0 Å². The SMILES string of the molecule is CCc1ccc(COc2ccccc2[C@H](C)N)s1. The van der Waals surface area contributed by atoms with Crippen molar-refractivity contribution < 1.29 is 4.74 Å². The van der Waals surface area contributed by atoms with E-state index < -0.39 is 0 Å². The summed E-state index contributed by atoms with van der Waals surface area (Å²) >= 11 is 1.81. The Morgan fingerprint density at radius 2 is 1.89 bits per heavy atom. The Hall–Kier alpha value is -1.32. The van der Waals surface area contributed by atoms with Crippen LogP contribution in [0, 0.1) is 0 Å². The molecule has 96 valence electrons. The Morgan fingerprint density at radius 1 is 1.17 bits per heavy atom. The van der Waals surface area contributed by atoms with E-state index in [1.54, 1.807) is 0 Å². The summed E-state index contributed by atoms with van der Waals surface area (Å²) in [6, 6.07) is 12.3. The van der Waals surface area contributed by atoms with Gasteiger partial charge in [0.2, 0.25) is 0 Å². The molecule has 0 radical (unpaired) electrons. The van der Waals surface area contributed by atoms with Crippen molar-refractivity contribution >= 4 is 11.3 Å². The topological polar surface area (TPSA) is 35.2 Å². The minimum atomic E-state index is -0.00395. The van der Waals surface area contributed by atoms with E-state index in [-0.39, 0.29) is 6.04 Å². The van der Waals surface area contributed by atoms with Crippen LogP contribution < -0.4 is 10.5 Å². The summed E-state index contributed by atoms with van der Waals surface area (Å²) < 4.78 is 5.87. The van der Waals surface area contributed by atoms with E-state index in [0.717, 1.165) is 17.7 Å². The highest BCUT2D eigenvalue weighted by Crippen LogP contribution is 2.25. The summed E-state index contributed by atoms with van der Waals surface area (Å²) in [4.78, 5) is 2.65. The molecule has 3 heteroatoms. The van der Waals surface area contributed by atoms with Crippen LogP contribution in [0.4, 0.5) is 0 Å². The van der Waals surface area contributed by atoms with Crippen LogP contribution in [-0.2, 0) is 13.0 Å². The number of benzene rings is 1. The number of hydrogen-bond acceptors (Lipinski definition) is 3. The maximum Gasteiger partial charge on any atom is 0.124 e. The lowest BCUT2D eigenvalue weighted by molar-refractivity contribution is 0.305. The van der Waals surface area contributed by atoms with Gasteiger partial charge >= 0.3 is 0 Å². The molecular formula is C15H19NOS. The third-order valence-corrected chi connectivity index (χ3v) is 4.05. The van der Waals surface area contributed by atoms with Gasteiger partial charge in [0.25, 0.3) is 0 Å².